The highest BCUT2D eigenvalue weighted by molar-refractivity contribution is 7.07. The summed E-state index contributed by atoms with van der Waals surface area (Å²) in [6.45, 7) is 6.66. The largest absolute Gasteiger partial charge is 0.440 e. The first-order valence-corrected chi connectivity index (χ1v) is 8.33. The average Bonchev–Trinajstić information content (AvgIpc) is 3.13. The molecule has 2 amide bonds. The average molecular weight is 329 g/mol. The Morgan fingerprint density at radius 1 is 1.30 bits per heavy atom. The fraction of sp³-hybridized carbons (Fsp3) is 0.294. The summed E-state index contributed by atoms with van der Waals surface area (Å²) >= 11 is 1.61. The van der Waals surface area contributed by atoms with E-state index in [4.69, 9.17) is 4.42 Å². The number of hydrogen-bond acceptors (Lipinski definition) is 4. The van der Waals surface area contributed by atoms with Crippen LogP contribution < -0.4 is 10.6 Å². The SMILES string of the molecule is CC(C)(C)c1nc2cc(NC(=O)NCc3ccsc3)ccc2o1. The van der Waals surface area contributed by atoms with E-state index in [9.17, 15) is 4.79 Å². The Balaban J connectivity index is 1.69. The van der Waals surface area contributed by atoms with Crippen molar-refractivity contribution in [2.45, 2.75) is 32.7 Å². The molecule has 3 rings (SSSR count). The highest BCUT2D eigenvalue weighted by atomic mass is 32.1. The van der Waals surface area contributed by atoms with Crippen molar-refractivity contribution in [3.8, 4) is 0 Å². The number of fused-ring (bicyclic) bond motifs is 1. The number of nitrogens with one attached hydrogen (secondary N) is 2. The van der Waals surface area contributed by atoms with E-state index in [0.717, 1.165) is 16.7 Å². The molecule has 0 aliphatic carbocycles. The summed E-state index contributed by atoms with van der Waals surface area (Å²) in [5.74, 6) is 0.687. The Kier molecular flexibility index (Phi) is 4.09. The number of nitrogens with zero attached hydrogens (tertiary/aromatic N) is 1. The number of amides is 2. The number of thiophene rings is 1. The number of hydrogen-bond donors (Lipinski definition) is 2. The smallest absolute Gasteiger partial charge is 0.319 e. The van der Waals surface area contributed by atoms with E-state index in [1.54, 1.807) is 11.3 Å². The highest BCUT2D eigenvalue weighted by Crippen LogP contribution is 2.27. The Hall–Kier alpha value is -2.34. The van der Waals surface area contributed by atoms with Crippen LogP contribution in [0.5, 0.6) is 0 Å². The Labute approximate surface area is 138 Å². The van der Waals surface area contributed by atoms with E-state index >= 15 is 0 Å². The maximum Gasteiger partial charge on any atom is 0.319 e. The molecule has 0 aliphatic rings. The van der Waals surface area contributed by atoms with Crippen molar-refractivity contribution < 1.29 is 9.21 Å². The molecule has 120 valence electrons. The van der Waals surface area contributed by atoms with Crippen LogP contribution in [-0.4, -0.2) is 11.0 Å². The molecule has 0 saturated carbocycles. The normalized spacial score (nSPS) is 11.6. The minimum atomic E-state index is -0.241. The van der Waals surface area contributed by atoms with Gasteiger partial charge in [-0.1, -0.05) is 20.8 Å². The van der Waals surface area contributed by atoms with Gasteiger partial charge in [-0.3, -0.25) is 0 Å². The summed E-state index contributed by atoms with van der Waals surface area (Å²) in [5, 5.41) is 9.64. The summed E-state index contributed by atoms with van der Waals surface area (Å²) in [6.07, 6.45) is 0. The van der Waals surface area contributed by atoms with Gasteiger partial charge in [-0.05, 0) is 40.6 Å². The zero-order valence-corrected chi connectivity index (χ0v) is 14.2. The van der Waals surface area contributed by atoms with Gasteiger partial charge < -0.3 is 15.1 Å². The molecule has 23 heavy (non-hydrogen) atoms. The molecule has 1 aromatic carbocycles. The van der Waals surface area contributed by atoms with Crippen LogP contribution in [0, 0.1) is 0 Å². The van der Waals surface area contributed by atoms with Gasteiger partial charge in [0.25, 0.3) is 0 Å². The number of benzene rings is 1. The molecule has 0 bridgehead atoms. The fourth-order valence-corrected chi connectivity index (χ4v) is 2.75. The molecule has 0 aliphatic heterocycles. The predicted octanol–water partition coefficient (Wildman–Crippen LogP) is 4.51. The van der Waals surface area contributed by atoms with E-state index in [1.165, 1.54) is 0 Å². The van der Waals surface area contributed by atoms with Gasteiger partial charge in [-0.25, -0.2) is 9.78 Å². The molecule has 0 saturated heterocycles. The zero-order chi connectivity index (χ0) is 16.4. The molecular formula is C17H19N3O2S. The van der Waals surface area contributed by atoms with Crippen LogP contribution in [0.25, 0.3) is 11.1 Å². The second-order valence-electron chi connectivity index (χ2n) is 6.39. The lowest BCUT2D eigenvalue weighted by molar-refractivity contribution is 0.252. The minimum Gasteiger partial charge on any atom is -0.440 e. The van der Waals surface area contributed by atoms with Crippen LogP contribution in [0.15, 0.2) is 39.4 Å². The van der Waals surface area contributed by atoms with Crippen LogP contribution >= 0.6 is 11.3 Å². The van der Waals surface area contributed by atoms with Crippen LogP contribution in [0.1, 0.15) is 32.2 Å². The lowest BCUT2D eigenvalue weighted by atomic mass is 9.97. The van der Waals surface area contributed by atoms with E-state index in [1.807, 2.05) is 35.0 Å². The molecule has 0 unspecified atom stereocenters. The second-order valence-corrected chi connectivity index (χ2v) is 7.17. The lowest BCUT2D eigenvalue weighted by Crippen LogP contribution is -2.27. The summed E-state index contributed by atoms with van der Waals surface area (Å²) < 4.78 is 5.75. The van der Waals surface area contributed by atoms with Gasteiger partial charge in [0.1, 0.15) is 5.52 Å². The summed E-state index contributed by atoms with van der Waals surface area (Å²) in [4.78, 5) is 16.4. The molecule has 2 aromatic heterocycles. The number of aromatic nitrogens is 1. The Morgan fingerprint density at radius 2 is 2.13 bits per heavy atom. The van der Waals surface area contributed by atoms with Gasteiger partial charge >= 0.3 is 6.03 Å². The number of rotatable bonds is 3. The first-order valence-electron chi connectivity index (χ1n) is 7.39. The molecule has 3 aromatic rings. The van der Waals surface area contributed by atoms with Gasteiger partial charge in [-0.2, -0.15) is 11.3 Å². The number of anilines is 1. The monoisotopic (exact) mass is 329 g/mol. The molecule has 2 N–H and O–H groups in total. The van der Waals surface area contributed by atoms with Crippen LogP contribution in [0.2, 0.25) is 0 Å². The molecule has 5 nitrogen and oxygen atoms in total. The third-order valence-corrected chi connectivity index (χ3v) is 4.05. The van der Waals surface area contributed by atoms with Crippen molar-refractivity contribution in [3.63, 3.8) is 0 Å². The number of oxazole rings is 1. The minimum absolute atomic E-state index is 0.148. The maximum atomic E-state index is 11.9. The molecule has 0 fully saturated rings. The summed E-state index contributed by atoms with van der Waals surface area (Å²) in [6, 6.07) is 7.20. The van der Waals surface area contributed by atoms with Gasteiger partial charge in [0.15, 0.2) is 5.58 Å². The Morgan fingerprint density at radius 3 is 2.83 bits per heavy atom. The molecule has 0 radical (unpaired) electrons. The maximum absolute atomic E-state index is 11.9. The van der Waals surface area contributed by atoms with E-state index < -0.39 is 0 Å². The first-order chi connectivity index (χ1) is 10.9. The van der Waals surface area contributed by atoms with Crippen LogP contribution in [-0.2, 0) is 12.0 Å². The molecular weight excluding hydrogens is 310 g/mol. The number of carbonyl (C=O) groups excluding carboxylic acids is 1. The molecule has 6 heteroatoms. The van der Waals surface area contributed by atoms with E-state index in [-0.39, 0.29) is 11.4 Å². The van der Waals surface area contributed by atoms with Gasteiger partial charge in [0, 0.05) is 17.6 Å². The van der Waals surface area contributed by atoms with Crippen LogP contribution in [0.3, 0.4) is 0 Å². The molecule has 0 atom stereocenters. The third-order valence-electron chi connectivity index (χ3n) is 3.32. The first kappa shape index (κ1) is 15.6. The Bertz CT molecular complexity index is 816. The van der Waals surface area contributed by atoms with Crippen molar-refractivity contribution in [2.24, 2.45) is 0 Å². The quantitative estimate of drug-likeness (QED) is 0.743. The zero-order valence-electron chi connectivity index (χ0n) is 13.3. The van der Waals surface area contributed by atoms with Crippen LogP contribution in [0.4, 0.5) is 10.5 Å². The molecule has 0 spiro atoms. The van der Waals surface area contributed by atoms with Gasteiger partial charge in [-0.15, -0.1) is 0 Å². The lowest BCUT2D eigenvalue weighted by Gasteiger charge is -2.11. The summed E-state index contributed by atoms with van der Waals surface area (Å²) in [5.41, 5.74) is 3.09. The number of urea groups is 1. The van der Waals surface area contributed by atoms with Crippen molar-refractivity contribution in [2.75, 3.05) is 5.32 Å². The fourth-order valence-electron chi connectivity index (χ4n) is 2.08. The second kappa shape index (κ2) is 6.04. The van der Waals surface area contributed by atoms with Crippen molar-refractivity contribution in [1.82, 2.24) is 10.3 Å². The van der Waals surface area contributed by atoms with E-state index in [0.29, 0.717) is 18.1 Å². The third kappa shape index (κ3) is 3.71. The molecule has 2 heterocycles. The van der Waals surface area contributed by atoms with Gasteiger partial charge in [0.05, 0.1) is 0 Å². The van der Waals surface area contributed by atoms with Gasteiger partial charge in [0.2, 0.25) is 5.89 Å². The highest BCUT2D eigenvalue weighted by Gasteiger charge is 2.21. The topological polar surface area (TPSA) is 67.2 Å². The predicted molar refractivity (Wildman–Crippen MR) is 92.9 cm³/mol. The van der Waals surface area contributed by atoms with Crippen molar-refractivity contribution in [1.29, 1.82) is 0 Å². The van der Waals surface area contributed by atoms with E-state index in [2.05, 4.69) is 36.4 Å². The summed E-state index contributed by atoms with van der Waals surface area (Å²) in [7, 11) is 0. The number of carbonyl (C=O) groups is 1. The standard InChI is InChI=1S/C17H19N3O2S/c1-17(2,3)15-20-13-8-12(4-5-14(13)22-15)19-16(21)18-9-11-6-7-23-10-11/h4-8,10H,9H2,1-3H3,(H2,18,19,21). The van der Waals surface area contributed by atoms with Crippen molar-refractivity contribution in [3.05, 3.63) is 46.5 Å². The van der Waals surface area contributed by atoms with Crippen molar-refractivity contribution >= 4 is 34.2 Å².